The molecule has 0 radical (unpaired) electrons. The lowest BCUT2D eigenvalue weighted by Crippen LogP contribution is -2.30. The van der Waals surface area contributed by atoms with E-state index in [1.54, 1.807) is 24.3 Å². The van der Waals surface area contributed by atoms with Gasteiger partial charge in [0.2, 0.25) is 0 Å². The number of hydrogen-bond donors (Lipinski definition) is 1. The number of nitrogens with zero attached hydrogens (tertiary/aromatic N) is 3. The number of thiophene rings is 1. The number of rotatable bonds is 6. The second kappa shape index (κ2) is 8.49. The number of ether oxygens (including phenoxy) is 1. The first kappa shape index (κ1) is 19.8. The van der Waals surface area contributed by atoms with Gasteiger partial charge < -0.3 is 9.84 Å². The van der Waals surface area contributed by atoms with Crippen molar-refractivity contribution in [3.05, 3.63) is 81.7 Å². The molecule has 2 aromatic carbocycles. The quantitative estimate of drug-likeness (QED) is 0.516. The molecule has 2 heterocycles. The number of nitriles is 1. The van der Waals surface area contributed by atoms with Crippen molar-refractivity contribution in [2.24, 2.45) is 0 Å². The standard InChI is InChI=1S/C23H19N3O3S/c1-15-20(17-5-3-2-4-6-17)21-22(30-15)25-14-26(23(21)28)12-18(27)13-29-19-9-7-16(11-24)8-10-19/h2-10,14,18,27H,12-13H2,1H3/t18-/m0/s1. The van der Waals surface area contributed by atoms with Gasteiger partial charge in [0.05, 0.1) is 29.9 Å². The molecule has 4 rings (SSSR count). The lowest BCUT2D eigenvalue weighted by molar-refractivity contribution is 0.0915. The number of benzene rings is 2. The second-order valence-corrected chi connectivity index (χ2v) is 8.09. The van der Waals surface area contributed by atoms with E-state index in [-0.39, 0.29) is 18.7 Å². The summed E-state index contributed by atoms with van der Waals surface area (Å²) in [5.41, 5.74) is 2.23. The first-order valence-corrected chi connectivity index (χ1v) is 10.2. The van der Waals surface area contributed by atoms with E-state index in [2.05, 4.69) is 4.98 Å². The topological polar surface area (TPSA) is 88.1 Å². The summed E-state index contributed by atoms with van der Waals surface area (Å²) in [5.74, 6) is 0.550. The van der Waals surface area contributed by atoms with Crippen LogP contribution in [0.25, 0.3) is 21.3 Å². The van der Waals surface area contributed by atoms with Crippen LogP contribution in [0.1, 0.15) is 10.4 Å². The monoisotopic (exact) mass is 417 g/mol. The number of fused-ring (bicyclic) bond motifs is 1. The Labute approximate surface area is 177 Å². The first-order valence-electron chi connectivity index (χ1n) is 9.42. The Morgan fingerprint density at radius 3 is 2.63 bits per heavy atom. The van der Waals surface area contributed by atoms with Crippen LogP contribution < -0.4 is 10.3 Å². The zero-order valence-electron chi connectivity index (χ0n) is 16.3. The average molecular weight is 417 g/mol. The summed E-state index contributed by atoms with van der Waals surface area (Å²) in [5, 5.41) is 19.8. The molecule has 30 heavy (non-hydrogen) atoms. The minimum Gasteiger partial charge on any atom is -0.491 e. The summed E-state index contributed by atoms with van der Waals surface area (Å²) in [6.45, 7) is 2.07. The number of aliphatic hydroxyl groups excluding tert-OH is 1. The van der Waals surface area contributed by atoms with E-state index >= 15 is 0 Å². The van der Waals surface area contributed by atoms with Crippen LogP contribution in [0, 0.1) is 18.3 Å². The highest BCUT2D eigenvalue weighted by Crippen LogP contribution is 2.35. The van der Waals surface area contributed by atoms with Crippen LogP contribution in [0.5, 0.6) is 5.75 Å². The Hall–Kier alpha value is -3.47. The average Bonchev–Trinajstić information content (AvgIpc) is 3.12. The van der Waals surface area contributed by atoms with Gasteiger partial charge in [-0.3, -0.25) is 9.36 Å². The summed E-state index contributed by atoms with van der Waals surface area (Å²) >= 11 is 1.49. The highest BCUT2D eigenvalue weighted by Gasteiger charge is 2.18. The van der Waals surface area contributed by atoms with Gasteiger partial charge in [-0.1, -0.05) is 30.3 Å². The molecular formula is C23H19N3O3S. The van der Waals surface area contributed by atoms with Crippen molar-refractivity contribution in [3.8, 4) is 22.9 Å². The van der Waals surface area contributed by atoms with Crippen molar-refractivity contribution in [1.29, 1.82) is 5.26 Å². The Balaban J connectivity index is 1.56. The van der Waals surface area contributed by atoms with Crippen LogP contribution in [0.3, 0.4) is 0 Å². The molecule has 2 aromatic heterocycles. The lowest BCUT2D eigenvalue weighted by Gasteiger charge is -2.14. The normalized spacial score (nSPS) is 11.9. The lowest BCUT2D eigenvalue weighted by atomic mass is 10.0. The van der Waals surface area contributed by atoms with E-state index in [1.165, 1.54) is 22.2 Å². The van der Waals surface area contributed by atoms with Gasteiger partial charge in [0.15, 0.2) is 0 Å². The fourth-order valence-electron chi connectivity index (χ4n) is 3.32. The largest absolute Gasteiger partial charge is 0.491 e. The van der Waals surface area contributed by atoms with Crippen LogP contribution in [-0.2, 0) is 6.54 Å². The fourth-order valence-corrected chi connectivity index (χ4v) is 4.32. The van der Waals surface area contributed by atoms with Gasteiger partial charge in [0, 0.05) is 10.4 Å². The Morgan fingerprint density at radius 2 is 1.93 bits per heavy atom. The summed E-state index contributed by atoms with van der Waals surface area (Å²) < 4.78 is 7.00. The first-order chi connectivity index (χ1) is 14.6. The summed E-state index contributed by atoms with van der Waals surface area (Å²) in [7, 11) is 0. The molecule has 7 heteroatoms. The van der Waals surface area contributed by atoms with E-state index in [1.807, 2.05) is 43.3 Å². The Kier molecular flexibility index (Phi) is 5.61. The van der Waals surface area contributed by atoms with E-state index < -0.39 is 6.10 Å². The molecule has 6 nitrogen and oxygen atoms in total. The number of aryl methyl sites for hydroxylation is 1. The highest BCUT2D eigenvalue weighted by molar-refractivity contribution is 7.19. The number of aromatic nitrogens is 2. The molecule has 0 saturated heterocycles. The molecule has 0 aliphatic heterocycles. The van der Waals surface area contributed by atoms with Crippen LogP contribution in [0.4, 0.5) is 0 Å². The minimum atomic E-state index is -0.891. The van der Waals surface area contributed by atoms with Crippen molar-refractivity contribution in [3.63, 3.8) is 0 Å². The molecule has 0 amide bonds. The van der Waals surface area contributed by atoms with Gasteiger partial charge in [0.1, 0.15) is 23.3 Å². The Morgan fingerprint density at radius 1 is 1.20 bits per heavy atom. The van der Waals surface area contributed by atoms with E-state index in [0.29, 0.717) is 21.5 Å². The summed E-state index contributed by atoms with van der Waals surface area (Å²) in [6.07, 6.45) is 0.581. The predicted molar refractivity (Wildman–Crippen MR) is 117 cm³/mol. The fraction of sp³-hybridized carbons (Fsp3) is 0.174. The molecule has 0 fully saturated rings. The van der Waals surface area contributed by atoms with Gasteiger partial charge in [-0.25, -0.2) is 4.98 Å². The summed E-state index contributed by atoms with van der Waals surface area (Å²) in [4.78, 5) is 19.3. The molecule has 0 bridgehead atoms. The molecule has 0 saturated carbocycles. The third-order valence-corrected chi connectivity index (χ3v) is 5.76. The molecule has 4 aromatic rings. The van der Waals surface area contributed by atoms with Crippen LogP contribution in [-0.4, -0.2) is 27.4 Å². The van der Waals surface area contributed by atoms with Crippen LogP contribution in [0.15, 0.2) is 65.7 Å². The number of aliphatic hydroxyl groups is 1. The molecule has 0 unspecified atom stereocenters. The molecule has 1 N–H and O–H groups in total. The van der Waals surface area contributed by atoms with Crippen molar-refractivity contribution in [2.75, 3.05) is 6.61 Å². The van der Waals surface area contributed by atoms with E-state index in [9.17, 15) is 9.90 Å². The maximum absolute atomic E-state index is 13.2. The van der Waals surface area contributed by atoms with E-state index in [0.717, 1.165) is 16.0 Å². The Bertz CT molecular complexity index is 1270. The molecule has 150 valence electrons. The van der Waals surface area contributed by atoms with Crippen molar-refractivity contribution in [1.82, 2.24) is 9.55 Å². The van der Waals surface area contributed by atoms with Gasteiger partial charge in [-0.05, 0) is 36.8 Å². The van der Waals surface area contributed by atoms with Crippen molar-refractivity contribution < 1.29 is 9.84 Å². The van der Waals surface area contributed by atoms with Gasteiger partial charge >= 0.3 is 0 Å². The number of hydrogen-bond acceptors (Lipinski definition) is 6. The summed E-state index contributed by atoms with van der Waals surface area (Å²) in [6, 6.07) is 18.5. The van der Waals surface area contributed by atoms with Crippen LogP contribution in [0.2, 0.25) is 0 Å². The second-order valence-electron chi connectivity index (χ2n) is 6.88. The molecule has 1 atom stereocenters. The maximum atomic E-state index is 13.2. The van der Waals surface area contributed by atoms with Crippen molar-refractivity contribution in [2.45, 2.75) is 19.6 Å². The van der Waals surface area contributed by atoms with Gasteiger partial charge in [0.25, 0.3) is 5.56 Å². The highest BCUT2D eigenvalue weighted by atomic mass is 32.1. The third kappa shape index (κ3) is 3.96. The van der Waals surface area contributed by atoms with Gasteiger partial charge in [-0.2, -0.15) is 5.26 Å². The minimum absolute atomic E-state index is 0.0184. The smallest absolute Gasteiger partial charge is 0.262 e. The molecule has 0 spiro atoms. The third-order valence-electron chi connectivity index (χ3n) is 4.75. The zero-order valence-corrected chi connectivity index (χ0v) is 17.1. The zero-order chi connectivity index (χ0) is 21.1. The predicted octanol–water partition coefficient (Wildman–Crippen LogP) is 3.75. The van der Waals surface area contributed by atoms with E-state index in [4.69, 9.17) is 10.00 Å². The van der Waals surface area contributed by atoms with Gasteiger partial charge in [-0.15, -0.1) is 11.3 Å². The molecule has 0 aliphatic rings. The van der Waals surface area contributed by atoms with Crippen LogP contribution >= 0.6 is 11.3 Å². The molecular weight excluding hydrogens is 398 g/mol. The molecule has 0 aliphatic carbocycles. The maximum Gasteiger partial charge on any atom is 0.262 e. The van der Waals surface area contributed by atoms with Crippen molar-refractivity contribution >= 4 is 21.6 Å². The SMILES string of the molecule is Cc1sc2ncn(C[C@H](O)COc3ccc(C#N)cc3)c(=O)c2c1-c1ccccc1.